The van der Waals surface area contributed by atoms with Gasteiger partial charge in [-0.25, -0.2) is 4.79 Å². The summed E-state index contributed by atoms with van der Waals surface area (Å²) in [6.45, 7) is 1.84. The van der Waals surface area contributed by atoms with Crippen molar-refractivity contribution in [3.05, 3.63) is 121 Å². The van der Waals surface area contributed by atoms with E-state index in [1.54, 1.807) is 30.3 Å². The fourth-order valence-corrected chi connectivity index (χ4v) is 5.80. The largest absolute Gasteiger partial charge is 0.379 e. The van der Waals surface area contributed by atoms with Crippen LogP contribution < -0.4 is 19.0 Å². The van der Waals surface area contributed by atoms with Crippen LogP contribution in [0.5, 0.6) is 11.5 Å². The number of fused-ring (bicyclic) bond motifs is 1. The highest BCUT2D eigenvalue weighted by Crippen LogP contribution is 2.26. The van der Waals surface area contributed by atoms with Crippen LogP contribution >= 0.6 is 0 Å². The van der Waals surface area contributed by atoms with Gasteiger partial charge in [0.05, 0.1) is 0 Å². The number of nitrogens with one attached hydrogen (secondary N) is 2. The van der Waals surface area contributed by atoms with Crippen molar-refractivity contribution in [1.82, 2.24) is 0 Å². The summed E-state index contributed by atoms with van der Waals surface area (Å²) >= 11 is 0. The molecule has 0 heterocycles. The molecule has 0 unspecified atom stereocenters. The summed E-state index contributed by atoms with van der Waals surface area (Å²) in [6, 6.07) is 29.5. The maximum absolute atomic E-state index is 12.9. The molecule has 11 heteroatoms. The summed E-state index contributed by atoms with van der Waals surface area (Å²) in [4.78, 5) is 12.6. The second-order valence-electron chi connectivity index (χ2n) is 9.03. The van der Waals surface area contributed by atoms with Gasteiger partial charge in [-0.15, -0.1) is 0 Å². The van der Waals surface area contributed by atoms with Gasteiger partial charge in [0.1, 0.15) is 21.3 Å². The number of carbonyl (C=O) groups is 1. The minimum absolute atomic E-state index is 0.00111. The van der Waals surface area contributed by atoms with E-state index in [0.717, 1.165) is 16.3 Å². The molecule has 208 valence electrons. The zero-order chi connectivity index (χ0) is 29.0. The van der Waals surface area contributed by atoms with E-state index >= 15 is 0 Å². The molecule has 5 rings (SSSR count). The van der Waals surface area contributed by atoms with Crippen molar-refractivity contribution >= 4 is 48.4 Å². The van der Waals surface area contributed by atoms with Gasteiger partial charge in [-0.1, -0.05) is 60.2 Å². The lowest BCUT2D eigenvalue weighted by atomic mass is 10.1. The first kappa shape index (κ1) is 27.7. The maximum atomic E-state index is 12.9. The van der Waals surface area contributed by atoms with E-state index in [1.165, 1.54) is 60.7 Å². The lowest BCUT2D eigenvalue weighted by Gasteiger charge is -2.12. The number of hydrogen-bond acceptors (Lipinski definition) is 7. The van der Waals surface area contributed by atoms with Crippen LogP contribution in [0.2, 0.25) is 0 Å². The Morgan fingerprint density at radius 3 is 1.66 bits per heavy atom. The number of anilines is 2. The maximum Gasteiger partial charge on any atom is 0.339 e. The molecule has 2 N–H and O–H groups in total. The molecule has 0 fully saturated rings. The van der Waals surface area contributed by atoms with Crippen LogP contribution in [0.25, 0.3) is 10.8 Å². The molecule has 0 aliphatic rings. The quantitative estimate of drug-likeness (QED) is 0.203. The average Bonchev–Trinajstić information content (AvgIpc) is 2.93. The van der Waals surface area contributed by atoms with Crippen molar-refractivity contribution in [2.75, 3.05) is 10.6 Å². The Kier molecular flexibility index (Phi) is 7.64. The van der Waals surface area contributed by atoms with E-state index in [0.29, 0.717) is 0 Å². The van der Waals surface area contributed by atoms with E-state index in [1.807, 2.05) is 31.2 Å². The SMILES string of the molecule is Cc1ccc(S(=O)(=O)Oc2cccc(NC(=O)Nc3cccc(OS(=O)(=O)c4ccc5ccccc5c4)c3)c2)cc1. The molecule has 0 aromatic heterocycles. The highest BCUT2D eigenvalue weighted by Gasteiger charge is 2.19. The fraction of sp³-hybridized carbons (Fsp3) is 0.0333. The number of hydrogen-bond donors (Lipinski definition) is 2. The molecule has 0 atom stereocenters. The Labute approximate surface area is 237 Å². The molecule has 5 aromatic rings. The third-order valence-corrected chi connectivity index (χ3v) is 8.42. The van der Waals surface area contributed by atoms with Gasteiger partial charge < -0.3 is 19.0 Å². The van der Waals surface area contributed by atoms with Gasteiger partial charge in [0, 0.05) is 23.5 Å². The zero-order valence-electron chi connectivity index (χ0n) is 21.6. The minimum atomic E-state index is -4.13. The summed E-state index contributed by atoms with van der Waals surface area (Å²) in [5, 5.41) is 6.84. The standard InChI is InChI=1S/C30H24N2O7S2/c1-21-12-15-28(16-13-21)40(34,35)38-26-10-4-8-24(19-26)31-30(33)32-25-9-5-11-27(20-25)39-41(36,37)29-17-14-22-6-2-3-7-23(22)18-29/h2-20H,1H3,(H2,31,32,33). The van der Waals surface area contributed by atoms with Gasteiger partial charge in [0.15, 0.2) is 0 Å². The van der Waals surface area contributed by atoms with Crippen molar-refractivity contribution in [2.24, 2.45) is 0 Å². The lowest BCUT2D eigenvalue weighted by Crippen LogP contribution is -2.19. The van der Waals surface area contributed by atoms with Crippen LogP contribution in [0.15, 0.2) is 125 Å². The molecule has 0 saturated heterocycles. The minimum Gasteiger partial charge on any atom is -0.379 e. The van der Waals surface area contributed by atoms with Crippen molar-refractivity contribution in [2.45, 2.75) is 16.7 Å². The van der Waals surface area contributed by atoms with Crippen LogP contribution in [0, 0.1) is 6.92 Å². The molecule has 41 heavy (non-hydrogen) atoms. The summed E-state index contributed by atoms with van der Waals surface area (Å²) in [5.41, 5.74) is 1.44. The molecular weight excluding hydrogens is 564 g/mol. The first-order chi connectivity index (χ1) is 19.6. The molecule has 0 aliphatic heterocycles. The Bertz CT molecular complexity index is 1960. The van der Waals surface area contributed by atoms with Gasteiger partial charge in [-0.2, -0.15) is 16.8 Å². The van der Waals surface area contributed by atoms with Gasteiger partial charge in [0.2, 0.25) is 0 Å². The number of carbonyl (C=O) groups excluding carboxylic acids is 1. The van der Waals surface area contributed by atoms with Crippen molar-refractivity contribution in [3.8, 4) is 11.5 Å². The zero-order valence-corrected chi connectivity index (χ0v) is 23.3. The second kappa shape index (κ2) is 11.3. The van der Waals surface area contributed by atoms with Crippen LogP contribution in [0.4, 0.5) is 16.2 Å². The summed E-state index contributed by atoms with van der Waals surface area (Å²) in [7, 11) is -8.20. The number of urea groups is 1. The molecule has 2 amide bonds. The number of benzene rings is 5. The lowest BCUT2D eigenvalue weighted by molar-refractivity contribution is 0.262. The number of amides is 2. The van der Waals surface area contributed by atoms with Crippen LogP contribution in [0.3, 0.4) is 0 Å². The van der Waals surface area contributed by atoms with Crippen molar-refractivity contribution in [1.29, 1.82) is 0 Å². The van der Waals surface area contributed by atoms with Crippen LogP contribution in [-0.2, 0) is 20.2 Å². The third-order valence-electron chi connectivity index (χ3n) is 5.91. The van der Waals surface area contributed by atoms with Gasteiger partial charge in [0.25, 0.3) is 0 Å². The smallest absolute Gasteiger partial charge is 0.339 e. The first-order valence-electron chi connectivity index (χ1n) is 12.3. The number of aryl methyl sites for hydroxylation is 1. The predicted molar refractivity (Wildman–Crippen MR) is 156 cm³/mol. The topological polar surface area (TPSA) is 128 Å². The average molecular weight is 589 g/mol. The molecule has 9 nitrogen and oxygen atoms in total. The van der Waals surface area contributed by atoms with Crippen molar-refractivity contribution < 1.29 is 30.0 Å². The third kappa shape index (κ3) is 6.83. The predicted octanol–water partition coefficient (Wildman–Crippen LogP) is 6.33. The first-order valence-corrected chi connectivity index (χ1v) is 15.1. The monoisotopic (exact) mass is 588 g/mol. The molecule has 0 radical (unpaired) electrons. The van der Waals surface area contributed by atoms with E-state index in [2.05, 4.69) is 10.6 Å². The van der Waals surface area contributed by atoms with E-state index in [4.69, 9.17) is 8.37 Å². The normalized spacial score (nSPS) is 11.5. The molecule has 0 saturated carbocycles. The van der Waals surface area contributed by atoms with Gasteiger partial charge in [-0.05, 0) is 66.2 Å². The second-order valence-corrected chi connectivity index (χ2v) is 12.1. The highest BCUT2D eigenvalue weighted by atomic mass is 32.2. The molecule has 5 aromatic carbocycles. The molecule has 0 spiro atoms. The summed E-state index contributed by atoms with van der Waals surface area (Å²) in [5.74, 6) is 0.0188. The van der Waals surface area contributed by atoms with Crippen molar-refractivity contribution in [3.63, 3.8) is 0 Å². The molecule has 0 bridgehead atoms. The van der Waals surface area contributed by atoms with E-state index in [9.17, 15) is 21.6 Å². The molecule has 0 aliphatic carbocycles. The highest BCUT2D eigenvalue weighted by molar-refractivity contribution is 7.87. The molecular formula is C30H24N2O7S2. The Hall–Kier alpha value is -4.87. The Morgan fingerprint density at radius 1 is 0.561 bits per heavy atom. The Balaban J connectivity index is 1.24. The van der Waals surface area contributed by atoms with Crippen LogP contribution in [-0.4, -0.2) is 22.9 Å². The van der Waals surface area contributed by atoms with E-state index < -0.39 is 26.3 Å². The van der Waals surface area contributed by atoms with E-state index in [-0.39, 0.29) is 32.7 Å². The summed E-state index contributed by atoms with van der Waals surface area (Å²) < 4.78 is 61.5. The van der Waals surface area contributed by atoms with Crippen LogP contribution in [0.1, 0.15) is 5.56 Å². The number of rotatable bonds is 8. The fourth-order valence-electron chi connectivity index (χ4n) is 3.92. The summed E-state index contributed by atoms with van der Waals surface area (Å²) in [6.07, 6.45) is 0. The van der Waals surface area contributed by atoms with Gasteiger partial charge in [-0.3, -0.25) is 0 Å². The van der Waals surface area contributed by atoms with Gasteiger partial charge >= 0.3 is 26.3 Å². The Morgan fingerprint density at radius 2 is 1.07 bits per heavy atom.